The van der Waals surface area contributed by atoms with Crippen molar-refractivity contribution in [1.29, 1.82) is 0 Å². The van der Waals surface area contributed by atoms with E-state index in [4.69, 9.17) is 21.1 Å². The first-order valence-corrected chi connectivity index (χ1v) is 9.85. The molecule has 2 aromatic carbocycles. The molecule has 1 aliphatic rings. The van der Waals surface area contributed by atoms with E-state index in [0.29, 0.717) is 24.7 Å². The maximum Gasteiger partial charge on any atom is 0.240 e. The van der Waals surface area contributed by atoms with Crippen molar-refractivity contribution < 1.29 is 27.1 Å². The normalized spacial score (nSPS) is 13.3. The maximum absolute atomic E-state index is 13.6. The molecule has 0 aromatic heterocycles. The van der Waals surface area contributed by atoms with Crippen LogP contribution in [-0.2, 0) is 14.8 Å². The third kappa shape index (κ3) is 4.88. The molecule has 2 aromatic rings. The number of sulfonamides is 1. The van der Waals surface area contributed by atoms with Crippen LogP contribution in [0.2, 0.25) is 5.02 Å². The topological polar surface area (TPSA) is 93.7 Å². The Morgan fingerprint density at radius 2 is 1.85 bits per heavy atom. The Labute approximate surface area is 160 Å². The van der Waals surface area contributed by atoms with Gasteiger partial charge in [-0.15, -0.1) is 0 Å². The van der Waals surface area contributed by atoms with E-state index in [1.165, 1.54) is 30.3 Å². The minimum Gasteiger partial charge on any atom is -0.486 e. The van der Waals surface area contributed by atoms with Gasteiger partial charge < -0.3 is 14.8 Å². The number of amides is 1. The molecule has 1 aliphatic heterocycles. The largest absolute Gasteiger partial charge is 0.486 e. The van der Waals surface area contributed by atoms with Crippen LogP contribution in [0.25, 0.3) is 0 Å². The van der Waals surface area contributed by atoms with Gasteiger partial charge in [0.1, 0.15) is 19.0 Å². The summed E-state index contributed by atoms with van der Waals surface area (Å²) in [6.45, 7) is 0.587. The van der Waals surface area contributed by atoms with E-state index in [1.54, 1.807) is 0 Å². The molecule has 0 saturated carbocycles. The summed E-state index contributed by atoms with van der Waals surface area (Å²) in [5.74, 6) is -0.390. The van der Waals surface area contributed by atoms with Gasteiger partial charge in [0.25, 0.3) is 0 Å². The predicted octanol–water partition coefficient (Wildman–Crippen LogP) is 2.56. The highest BCUT2D eigenvalue weighted by Gasteiger charge is 2.19. The third-order valence-corrected chi connectivity index (χ3v) is 5.37. The molecule has 7 nitrogen and oxygen atoms in total. The van der Waals surface area contributed by atoms with Crippen molar-refractivity contribution in [3.05, 3.63) is 47.2 Å². The second-order valence-electron chi connectivity index (χ2n) is 5.63. The van der Waals surface area contributed by atoms with Crippen molar-refractivity contribution >= 4 is 33.2 Å². The smallest absolute Gasteiger partial charge is 0.240 e. The summed E-state index contributed by atoms with van der Waals surface area (Å²) in [6, 6.07) is 8.10. The van der Waals surface area contributed by atoms with Crippen molar-refractivity contribution in [2.45, 2.75) is 11.3 Å². The van der Waals surface area contributed by atoms with Gasteiger partial charge in [0.05, 0.1) is 10.6 Å². The number of hydrogen-bond acceptors (Lipinski definition) is 5. The molecule has 1 amide bonds. The molecular formula is C17H16ClFN2O5S. The number of ether oxygens (including phenoxy) is 2. The number of rotatable bonds is 6. The first kappa shape index (κ1) is 19.4. The van der Waals surface area contributed by atoms with Crippen LogP contribution in [0, 0.1) is 5.82 Å². The monoisotopic (exact) mass is 414 g/mol. The molecule has 2 N–H and O–H groups in total. The van der Waals surface area contributed by atoms with Gasteiger partial charge in [0.15, 0.2) is 11.5 Å². The van der Waals surface area contributed by atoms with Crippen molar-refractivity contribution in [2.75, 3.05) is 25.1 Å². The van der Waals surface area contributed by atoms with Gasteiger partial charge in [-0.05, 0) is 30.3 Å². The van der Waals surface area contributed by atoms with Crippen LogP contribution in [0.15, 0.2) is 41.3 Å². The van der Waals surface area contributed by atoms with E-state index in [0.717, 1.165) is 6.07 Å². The molecule has 1 heterocycles. The Balaban J connectivity index is 1.56. The van der Waals surface area contributed by atoms with Crippen LogP contribution in [-0.4, -0.2) is 34.1 Å². The highest BCUT2D eigenvalue weighted by molar-refractivity contribution is 7.89. The number of fused-ring (bicyclic) bond motifs is 1. The van der Waals surface area contributed by atoms with Crippen LogP contribution < -0.4 is 19.5 Å². The highest BCUT2D eigenvalue weighted by atomic mass is 35.5. The van der Waals surface area contributed by atoms with Crippen molar-refractivity contribution in [3.8, 4) is 11.5 Å². The summed E-state index contributed by atoms with van der Waals surface area (Å²) in [6.07, 6.45) is -0.175. The Hall–Kier alpha value is -2.36. The average Bonchev–Trinajstić information content (AvgIpc) is 2.63. The molecule has 0 saturated heterocycles. The molecule has 144 valence electrons. The highest BCUT2D eigenvalue weighted by Crippen LogP contribution is 2.32. The van der Waals surface area contributed by atoms with Gasteiger partial charge >= 0.3 is 0 Å². The lowest BCUT2D eigenvalue weighted by molar-refractivity contribution is -0.116. The van der Waals surface area contributed by atoms with Crippen LogP contribution in [0.1, 0.15) is 6.42 Å². The molecule has 3 rings (SSSR count). The molecule has 27 heavy (non-hydrogen) atoms. The fourth-order valence-corrected chi connectivity index (χ4v) is 3.58. The van der Waals surface area contributed by atoms with Gasteiger partial charge in [0, 0.05) is 24.1 Å². The standard InChI is InChI=1S/C17H16ClFN2O5S/c18-11-1-3-14(13(19)9-11)21-17(22)5-6-20-27(23,24)12-2-4-15-16(10-12)26-8-7-25-15/h1-4,9-10,20H,5-8H2,(H,21,22). The Kier molecular flexibility index (Phi) is 5.83. The molecule has 0 radical (unpaired) electrons. The Morgan fingerprint density at radius 3 is 2.59 bits per heavy atom. The van der Waals surface area contributed by atoms with Crippen molar-refractivity contribution in [2.24, 2.45) is 0 Å². The molecule has 0 aliphatic carbocycles. The molecule has 0 atom stereocenters. The van der Waals surface area contributed by atoms with E-state index in [-0.39, 0.29) is 28.6 Å². The number of carbonyl (C=O) groups is 1. The number of anilines is 1. The predicted molar refractivity (Wildman–Crippen MR) is 97.3 cm³/mol. The number of carbonyl (C=O) groups excluding carboxylic acids is 1. The van der Waals surface area contributed by atoms with E-state index in [2.05, 4.69) is 10.0 Å². The molecule has 0 unspecified atom stereocenters. The molecule has 0 bridgehead atoms. The van der Waals surface area contributed by atoms with Crippen molar-refractivity contribution in [1.82, 2.24) is 4.72 Å². The van der Waals surface area contributed by atoms with Crippen LogP contribution in [0.4, 0.5) is 10.1 Å². The number of benzene rings is 2. The minimum absolute atomic E-state index is 0.00379. The number of nitrogens with one attached hydrogen (secondary N) is 2. The van der Waals surface area contributed by atoms with Crippen LogP contribution in [0.3, 0.4) is 0 Å². The van der Waals surface area contributed by atoms with Gasteiger partial charge in [-0.2, -0.15) is 0 Å². The first-order chi connectivity index (χ1) is 12.8. The maximum atomic E-state index is 13.6. The SMILES string of the molecule is O=C(CCNS(=O)(=O)c1ccc2c(c1)OCCO2)Nc1ccc(Cl)cc1F. The minimum atomic E-state index is -3.83. The van der Waals surface area contributed by atoms with Crippen LogP contribution in [0.5, 0.6) is 11.5 Å². The van der Waals surface area contributed by atoms with Crippen molar-refractivity contribution in [3.63, 3.8) is 0 Å². The van der Waals surface area contributed by atoms with E-state index >= 15 is 0 Å². The molecule has 10 heteroatoms. The number of halogens is 2. The van der Waals surface area contributed by atoms with Gasteiger partial charge in [0.2, 0.25) is 15.9 Å². The average molecular weight is 415 g/mol. The molecular weight excluding hydrogens is 399 g/mol. The molecule has 0 fully saturated rings. The summed E-state index contributed by atoms with van der Waals surface area (Å²) in [7, 11) is -3.83. The van der Waals surface area contributed by atoms with Gasteiger partial charge in [-0.1, -0.05) is 11.6 Å². The zero-order chi connectivity index (χ0) is 19.4. The third-order valence-electron chi connectivity index (χ3n) is 3.67. The zero-order valence-corrected chi connectivity index (χ0v) is 15.6. The van der Waals surface area contributed by atoms with Crippen LogP contribution >= 0.6 is 11.6 Å². The second-order valence-corrected chi connectivity index (χ2v) is 7.83. The van der Waals surface area contributed by atoms with Gasteiger partial charge in [-0.25, -0.2) is 17.5 Å². The summed E-state index contributed by atoms with van der Waals surface area (Å²) < 4.78 is 51.3. The van der Waals surface area contributed by atoms with E-state index in [9.17, 15) is 17.6 Å². The molecule has 0 spiro atoms. The summed E-state index contributed by atoms with van der Waals surface area (Å²) >= 11 is 5.64. The lowest BCUT2D eigenvalue weighted by Gasteiger charge is -2.18. The second kappa shape index (κ2) is 8.12. The summed E-state index contributed by atoms with van der Waals surface area (Å²) in [5.41, 5.74) is -0.0286. The Morgan fingerprint density at radius 1 is 1.11 bits per heavy atom. The lowest BCUT2D eigenvalue weighted by atomic mass is 10.3. The van der Waals surface area contributed by atoms with Gasteiger partial charge in [-0.3, -0.25) is 4.79 Å². The summed E-state index contributed by atoms with van der Waals surface area (Å²) in [5, 5.41) is 2.57. The zero-order valence-electron chi connectivity index (χ0n) is 14.0. The Bertz CT molecular complexity index is 968. The summed E-state index contributed by atoms with van der Waals surface area (Å²) in [4.78, 5) is 11.9. The number of hydrogen-bond donors (Lipinski definition) is 2. The fraction of sp³-hybridized carbons (Fsp3) is 0.235. The first-order valence-electron chi connectivity index (χ1n) is 7.99. The quantitative estimate of drug-likeness (QED) is 0.757. The van der Waals surface area contributed by atoms with E-state index in [1.807, 2.05) is 0 Å². The van der Waals surface area contributed by atoms with E-state index < -0.39 is 21.7 Å². The lowest BCUT2D eigenvalue weighted by Crippen LogP contribution is -2.28. The fourth-order valence-electron chi connectivity index (χ4n) is 2.38.